The first-order valence-electron chi connectivity index (χ1n) is 7.52. The van der Waals surface area contributed by atoms with Gasteiger partial charge in [0, 0.05) is 24.6 Å². The average Bonchev–Trinajstić information content (AvgIpc) is 2.82. The van der Waals surface area contributed by atoms with Crippen LogP contribution in [0.15, 0.2) is 4.47 Å². The van der Waals surface area contributed by atoms with Crippen molar-refractivity contribution < 1.29 is 14.3 Å². The molecule has 0 radical (unpaired) electrons. The molecule has 0 spiro atoms. The van der Waals surface area contributed by atoms with Gasteiger partial charge in [0.25, 0.3) is 5.91 Å². The molecule has 5 nitrogen and oxygen atoms in total. The quantitative estimate of drug-likeness (QED) is 0.708. The van der Waals surface area contributed by atoms with E-state index in [9.17, 15) is 4.79 Å². The van der Waals surface area contributed by atoms with Gasteiger partial charge in [-0.15, -0.1) is 23.7 Å². The van der Waals surface area contributed by atoms with E-state index in [1.165, 1.54) is 11.3 Å². The first kappa shape index (κ1) is 20.7. The minimum Gasteiger partial charge on any atom is -0.494 e. The van der Waals surface area contributed by atoms with Crippen molar-refractivity contribution in [1.29, 1.82) is 0 Å². The molecule has 0 bridgehead atoms. The Morgan fingerprint density at radius 1 is 1.43 bits per heavy atom. The highest BCUT2D eigenvalue weighted by Crippen LogP contribution is 2.40. The molecule has 1 fully saturated rings. The minimum absolute atomic E-state index is 0. The first-order valence-corrected chi connectivity index (χ1v) is 9.13. The Labute approximate surface area is 156 Å². The summed E-state index contributed by atoms with van der Waals surface area (Å²) in [4.78, 5) is 16.3. The van der Waals surface area contributed by atoms with Crippen LogP contribution in [0.2, 0.25) is 0 Å². The molecule has 2 rings (SSSR count). The molecule has 2 heterocycles. The van der Waals surface area contributed by atoms with Crippen LogP contribution < -0.4 is 10.5 Å². The molecular weight excluding hydrogens is 404 g/mol. The van der Waals surface area contributed by atoms with Crippen LogP contribution in [-0.2, 0) is 4.74 Å². The van der Waals surface area contributed by atoms with E-state index in [0.29, 0.717) is 23.8 Å². The molecule has 2 N–H and O–H groups in total. The van der Waals surface area contributed by atoms with Crippen molar-refractivity contribution in [2.24, 2.45) is 5.73 Å². The molecule has 23 heavy (non-hydrogen) atoms. The van der Waals surface area contributed by atoms with Gasteiger partial charge in [0.1, 0.15) is 4.88 Å². The van der Waals surface area contributed by atoms with Crippen molar-refractivity contribution in [3.63, 3.8) is 0 Å². The molecule has 0 aliphatic carbocycles. The van der Waals surface area contributed by atoms with Crippen LogP contribution in [0.3, 0.4) is 0 Å². The van der Waals surface area contributed by atoms with Crippen LogP contribution in [0.25, 0.3) is 0 Å². The summed E-state index contributed by atoms with van der Waals surface area (Å²) in [5.74, 6) is 0.699. The predicted molar refractivity (Wildman–Crippen MR) is 99.1 cm³/mol. The summed E-state index contributed by atoms with van der Waals surface area (Å²) < 4.78 is 12.0. The average molecular weight is 428 g/mol. The van der Waals surface area contributed by atoms with Gasteiger partial charge in [-0.1, -0.05) is 0 Å². The van der Waals surface area contributed by atoms with Gasteiger partial charge >= 0.3 is 0 Å². The molecule has 1 aromatic heterocycles. The Morgan fingerprint density at radius 2 is 2.09 bits per heavy atom. The largest absolute Gasteiger partial charge is 0.494 e. The molecule has 0 unspecified atom stereocenters. The van der Waals surface area contributed by atoms with Gasteiger partial charge in [-0.3, -0.25) is 4.79 Å². The van der Waals surface area contributed by atoms with Crippen LogP contribution in [0, 0.1) is 6.92 Å². The smallest absolute Gasteiger partial charge is 0.267 e. The number of piperidine rings is 1. The molecular formula is C15H24BrClN2O3S. The summed E-state index contributed by atoms with van der Waals surface area (Å²) in [5.41, 5.74) is 5.46. The lowest BCUT2D eigenvalue weighted by molar-refractivity contribution is 0.00851. The Hall–Kier alpha value is -0.340. The summed E-state index contributed by atoms with van der Waals surface area (Å²) in [7, 11) is 1.60. The predicted octanol–water partition coefficient (Wildman–Crippen LogP) is 3.22. The van der Waals surface area contributed by atoms with Crippen molar-refractivity contribution in [2.45, 2.75) is 32.3 Å². The van der Waals surface area contributed by atoms with Gasteiger partial charge in [0.05, 0.1) is 17.7 Å². The number of nitrogens with zero attached hydrogens (tertiary/aromatic N) is 1. The summed E-state index contributed by atoms with van der Waals surface area (Å²) in [5, 5.41) is 0. The standard InChI is InChI=1S/C15H23BrN2O3S.ClH/c1-10-12(16)13(20-2)14(22-10)15(19)18-7-4-11(5-8-18)21-9-3-6-17;/h11H,3-9,17H2,1-2H3;1H. The van der Waals surface area contributed by atoms with E-state index < -0.39 is 0 Å². The number of carbonyl (C=O) groups excluding carboxylic acids is 1. The van der Waals surface area contributed by atoms with E-state index in [2.05, 4.69) is 15.9 Å². The second-order valence-electron chi connectivity index (χ2n) is 5.34. The van der Waals surface area contributed by atoms with Crippen molar-refractivity contribution in [3.05, 3.63) is 14.2 Å². The number of thiophene rings is 1. The lowest BCUT2D eigenvalue weighted by Gasteiger charge is -2.31. The van der Waals surface area contributed by atoms with E-state index in [0.717, 1.165) is 41.7 Å². The first-order chi connectivity index (χ1) is 10.6. The summed E-state index contributed by atoms with van der Waals surface area (Å²) in [6.45, 7) is 4.79. The third-order valence-electron chi connectivity index (χ3n) is 3.80. The van der Waals surface area contributed by atoms with Gasteiger partial charge in [0.2, 0.25) is 0 Å². The summed E-state index contributed by atoms with van der Waals surface area (Å²) >= 11 is 4.96. The van der Waals surface area contributed by atoms with Gasteiger partial charge in [-0.05, 0) is 48.7 Å². The number of hydrogen-bond acceptors (Lipinski definition) is 5. The fourth-order valence-electron chi connectivity index (χ4n) is 2.53. The van der Waals surface area contributed by atoms with Gasteiger partial charge in [-0.2, -0.15) is 0 Å². The molecule has 8 heteroatoms. The highest BCUT2D eigenvalue weighted by Gasteiger charge is 2.28. The van der Waals surface area contributed by atoms with Crippen molar-refractivity contribution >= 4 is 45.6 Å². The van der Waals surface area contributed by atoms with E-state index >= 15 is 0 Å². The SMILES string of the molecule is COc1c(C(=O)N2CCC(OCCCN)CC2)sc(C)c1Br.Cl. The van der Waals surface area contributed by atoms with Crippen LogP contribution >= 0.6 is 39.7 Å². The number of nitrogens with two attached hydrogens (primary N) is 1. The zero-order chi connectivity index (χ0) is 16.1. The Morgan fingerprint density at radius 3 is 2.65 bits per heavy atom. The number of likely N-dealkylation sites (tertiary alicyclic amines) is 1. The highest BCUT2D eigenvalue weighted by molar-refractivity contribution is 9.10. The molecule has 132 valence electrons. The van der Waals surface area contributed by atoms with Gasteiger partial charge in [0.15, 0.2) is 5.75 Å². The highest BCUT2D eigenvalue weighted by atomic mass is 79.9. The maximum absolute atomic E-state index is 12.7. The molecule has 0 aromatic carbocycles. The Bertz CT molecular complexity index is 519. The molecule has 0 saturated carbocycles. The fourth-order valence-corrected chi connectivity index (χ4v) is 4.25. The number of rotatable bonds is 6. The van der Waals surface area contributed by atoms with E-state index in [1.54, 1.807) is 7.11 Å². The van der Waals surface area contributed by atoms with E-state index in [-0.39, 0.29) is 24.4 Å². The number of hydrogen-bond donors (Lipinski definition) is 1. The molecule has 0 atom stereocenters. The Balaban J connectivity index is 0.00000264. The third kappa shape index (κ3) is 5.06. The minimum atomic E-state index is 0. The van der Waals surface area contributed by atoms with Crippen LogP contribution in [0.4, 0.5) is 0 Å². The second-order valence-corrected chi connectivity index (χ2v) is 7.36. The normalized spacial score (nSPS) is 15.4. The lowest BCUT2D eigenvalue weighted by Crippen LogP contribution is -2.40. The molecule has 1 amide bonds. The monoisotopic (exact) mass is 426 g/mol. The van der Waals surface area contributed by atoms with Crippen molar-refractivity contribution in [1.82, 2.24) is 4.90 Å². The Kier molecular flexibility index (Phi) is 8.85. The zero-order valence-electron chi connectivity index (χ0n) is 13.5. The molecule has 1 aromatic rings. The molecule has 1 aliphatic heterocycles. The van der Waals surface area contributed by atoms with Crippen LogP contribution in [0.5, 0.6) is 5.75 Å². The third-order valence-corrected chi connectivity index (χ3v) is 6.09. The number of halogens is 2. The molecule has 1 aliphatic rings. The number of amides is 1. The van der Waals surface area contributed by atoms with Gasteiger partial charge < -0.3 is 20.1 Å². The lowest BCUT2D eigenvalue weighted by atomic mass is 10.1. The number of ether oxygens (including phenoxy) is 2. The number of methoxy groups -OCH3 is 1. The summed E-state index contributed by atoms with van der Waals surface area (Å²) in [6.07, 6.45) is 2.89. The topological polar surface area (TPSA) is 64.8 Å². The van der Waals surface area contributed by atoms with Crippen molar-refractivity contribution in [2.75, 3.05) is 33.4 Å². The maximum atomic E-state index is 12.7. The summed E-state index contributed by atoms with van der Waals surface area (Å²) in [6, 6.07) is 0. The second kappa shape index (κ2) is 9.84. The van der Waals surface area contributed by atoms with Gasteiger partial charge in [-0.25, -0.2) is 0 Å². The maximum Gasteiger partial charge on any atom is 0.267 e. The number of carbonyl (C=O) groups is 1. The van der Waals surface area contributed by atoms with E-state index in [4.69, 9.17) is 15.2 Å². The fraction of sp³-hybridized carbons (Fsp3) is 0.667. The molecule has 1 saturated heterocycles. The van der Waals surface area contributed by atoms with Crippen LogP contribution in [-0.4, -0.2) is 50.3 Å². The van der Waals surface area contributed by atoms with Crippen molar-refractivity contribution in [3.8, 4) is 5.75 Å². The van der Waals surface area contributed by atoms with Crippen LogP contribution in [0.1, 0.15) is 33.8 Å². The zero-order valence-corrected chi connectivity index (χ0v) is 16.7. The van der Waals surface area contributed by atoms with E-state index in [1.807, 2.05) is 11.8 Å². The number of aryl methyl sites for hydroxylation is 1.